The lowest BCUT2D eigenvalue weighted by molar-refractivity contribution is 0.379. The van der Waals surface area contributed by atoms with Crippen LogP contribution in [-0.4, -0.2) is 25.1 Å². The molecular formula is C15H26IN3S. The van der Waals surface area contributed by atoms with Gasteiger partial charge in [0.2, 0.25) is 0 Å². The van der Waals surface area contributed by atoms with Crippen molar-refractivity contribution < 1.29 is 0 Å². The molecule has 0 unspecified atom stereocenters. The standard InChI is InChI=1S/C15H25N3S.HI/c1-4-16-14(18-12-7-5-8-12)17-11-15(2,3)13-9-6-10-19-13;/h6,9-10,12H,4-5,7-8,11H2,1-3H3,(H2,16,17,18);1H. The van der Waals surface area contributed by atoms with Gasteiger partial charge in [0.05, 0.1) is 6.54 Å². The highest BCUT2D eigenvalue weighted by Gasteiger charge is 2.22. The molecule has 1 aromatic heterocycles. The Balaban J connectivity index is 0.00000200. The average molecular weight is 407 g/mol. The van der Waals surface area contributed by atoms with Crippen LogP contribution in [0.5, 0.6) is 0 Å². The molecule has 1 aliphatic carbocycles. The first-order valence-corrected chi connectivity index (χ1v) is 8.08. The van der Waals surface area contributed by atoms with E-state index in [2.05, 4.69) is 48.9 Å². The second-order valence-electron chi connectivity index (χ2n) is 5.83. The SMILES string of the molecule is CCNC(=NCC(C)(C)c1cccs1)NC1CCC1.I. The van der Waals surface area contributed by atoms with E-state index in [1.165, 1.54) is 24.1 Å². The normalized spacial score (nSPS) is 16.2. The van der Waals surface area contributed by atoms with Crippen LogP contribution >= 0.6 is 35.3 Å². The quantitative estimate of drug-likeness (QED) is 0.443. The van der Waals surface area contributed by atoms with Crippen LogP contribution in [0.3, 0.4) is 0 Å². The van der Waals surface area contributed by atoms with Crippen molar-refractivity contribution in [3.8, 4) is 0 Å². The fourth-order valence-electron chi connectivity index (χ4n) is 2.08. The Bertz CT molecular complexity index is 411. The molecule has 20 heavy (non-hydrogen) atoms. The molecule has 1 heterocycles. The van der Waals surface area contributed by atoms with E-state index in [4.69, 9.17) is 4.99 Å². The van der Waals surface area contributed by atoms with E-state index in [0.29, 0.717) is 6.04 Å². The van der Waals surface area contributed by atoms with Crippen LogP contribution in [0.2, 0.25) is 0 Å². The van der Waals surface area contributed by atoms with E-state index in [-0.39, 0.29) is 29.4 Å². The maximum absolute atomic E-state index is 4.76. The summed E-state index contributed by atoms with van der Waals surface area (Å²) >= 11 is 1.81. The van der Waals surface area contributed by atoms with E-state index in [0.717, 1.165) is 19.0 Å². The Kier molecular flexibility index (Phi) is 7.29. The first-order valence-electron chi connectivity index (χ1n) is 7.20. The molecule has 0 aromatic carbocycles. The summed E-state index contributed by atoms with van der Waals surface area (Å²) in [6.45, 7) is 8.36. The Hall–Kier alpha value is -0.300. The van der Waals surface area contributed by atoms with Gasteiger partial charge in [-0.2, -0.15) is 0 Å². The average Bonchev–Trinajstić information content (AvgIpc) is 2.85. The predicted octanol–water partition coefficient (Wildman–Crippen LogP) is 3.75. The minimum atomic E-state index is 0. The molecule has 114 valence electrons. The summed E-state index contributed by atoms with van der Waals surface area (Å²) in [4.78, 5) is 6.16. The number of nitrogens with zero attached hydrogens (tertiary/aromatic N) is 1. The third kappa shape index (κ3) is 4.91. The van der Waals surface area contributed by atoms with E-state index < -0.39 is 0 Å². The molecule has 1 aromatic rings. The van der Waals surface area contributed by atoms with Gasteiger partial charge >= 0.3 is 0 Å². The van der Waals surface area contributed by atoms with Crippen molar-refractivity contribution in [2.24, 2.45) is 4.99 Å². The highest BCUT2D eigenvalue weighted by molar-refractivity contribution is 14.0. The minimum Gasteiger partial charge on any atom is -0.357 e. The molecule has 0 aliphatic heterocycles. The second kappa shape index (κ2) is 8.22. The van der Waals surface area contributed by atoms with Crippen LogP contribution in [0.25, 0.3) is 0 Å². The Morgan fingerprint density at radius 3 is 2.70 bits per heavy atom. The van der Waals surface area contributed by atoms with Crippen molar-refractivity contribution in [2.45, 2.75) is 51.5 Å². The molecule has 1 saturated carbocycles. The maximum Gasteiger partial charge on any atom is 0.191 e. The third-order valence-electron chi connectivity index (χ3n) is 3.61. The van der Waals surface area contributed by atoms with E-state index >= 15 is 0 Å². The molecule has 0 radical (unpaired) electrons. The van der Waals surface area contributed by atoms with Gasteiger partial charge in [0, 0.05) is 22.9 Å². The molecule has 0 atom stereocenters. The highest BCUT2D eigenvalue weighted by atomic mass is 127. The van der Waals surface area contributed by atoms with E-state index in [1.807, 2.05) is 11.3 Å². The number of hydrogen-bond acceptors (Lipinski definition) is 2. The van der Waals surface area contributed by atoms with Gasteiger partial charge in [0.15, 0.2) is 5.96 Å². The highest BCUT2D eigenvalue weighted by Crippen LogP contribution is 2.27. The van der Waals surface area contributed by atoms with Crippen molar-refractivity contribution >= 4 is 41.3 Å². The Labute approximate surface area is 143 Å². The number of thiophene rings is 1. The summed E-state index contributed by atoms with van der Waals surface area (Å²) in [6, 6.07) is 4.94. The first kappa shape index (κ1) is 17.8. The second-order valence-corrected chi connectivity index (χ2v) is 6.78. The lowest BCUT2D eigenvalue weighted by Gasteiger charge is -2.29. The molecule has 2 rings (SSSR count). The predicted molar refractivity (Wildman–Crippen MR) is 99.5 cm³/mol. The molecule has 1 fully saturated rings. The summed E-state index contributed by atoms with van der Waals surface area (Å²) in [7, 11) is 0. The smallest absolute Gasteiger partial charge is 0.191 e. The van der Waals surface area contributed by atoms with Crippen molar-refractivity contribution in [3.63, 3.8) is 0 Å². The van der Waals surface area contributed by atoms with E-state index in [9.17, 15) is 0 Å². The van der Waals surface area contributed by atoms with Gasteiger partial charge in [-0.3, -0.25) is 4.99 Å². The number of rotatable bonds is 5. The number of halogens is 1. The van der Waals surface area contributed by atoms with Crippen LogP contribution in [0.1, 0.15) is 44.9 Å². The number of aliphatic imine (C=N–C) groups is 1. The van der Waals surface area contributed by atoms with Crippen LogP contribution in [0.15, 0.2) is 22.5 Å². The zero-order valence-corrected chi connectivity index (χ0v) is 15.8. The molecule has 0 saturated heterocycles. The molecule has 5 heteroatoms. The Morgan fingerprint density at radius 2 is 2.20 bits per heavy atom. The zero-order chi connectivity index (χ0) is 13.7. The van der Waals surface area contributed by atoms with Gasteiger partial charge in [0.1, 0.15) is 0 Å². The van der Waals surface area contributed by atoms with Crippen molar-refractivity contribution in [2.75, 3.05) is 13.1 Å². The number of hydrogen-bond donors (Lipinski definition) is 2. The molecule has 0 bridgehead atoms. The van der Waals surface area contributed by atoms with Gasteiger partial charge in [-0.1, -0.05) is 19.9 Å². The van der Waals surface area contributed by atoms with E-state index in [1.54, 1.807) is 0 Å². The molecule has 1 aliphatic rings. The molecular weight excluding hydrogens is 381 g/mol. The zero-order valence-electron chi connectivity index (χ0n) is 12.6. The first-order chi connectivity index (χ1) is 9.12. The maximum atomic E-state index is 4.76. The lowest BCUT2D eigenvalue weighted by Crippen LogP contribution is -2.46. The summed E-state index contributed by atoms with van der Waals surface area (Å²) in [5.74, 6) is 0.969. The van der Waals surface area contributed by atoms with Crippen molar-refractivity contribution in [1.82, 2.24) is 10.6 Å². The number of guanidine groups is 1. The molecule has 0 amide bonds. The van der Waals surface area contributed by atoms with Gasteiger partial charge in [-0.15, -0.1) is 35.3 Å². The topological polar surface area (TPSA) is 36.4 Å². The Morgan fingerprint density at radius 1 is 1.45 bits per heavy atom. The van der Waals surface area contributed by atoms with Crippen LogP contribution in [0.4, 0.5) is 0 Å². The van der Waals surface area contributed by atoms with Crippen molar-refractivity contribution in [1.29, 1.82) is 0 Å². The molecule has 2 N–H and O–H groups in total. The van der Waals surface area contributed by atoms with Gasteiger partial charge in [-0.05, 0) is 37.6 Å². The summed E-state index contributed by atoms with van der Waals surface area (Å²) in [5, 5.41) is 8.99. The fraction of sp³-hybridized carbons (Fsp3) is 0.667. The summed E-state index contributed by atoms with van der Waals surface area (Å²) in [5.41, 5.74) is 0.107. The van der Waals surface area contributed by atoms with Crippen LogP contribution < -0.4 is 10.6 Å². The lowest BCUT2D eigenvalue weighted by atomic mass is 9.92. The van der Waals surface area contributed by atoms with Gasteiger partial charge in [-0.25, -0.2) is 0 Å². The van der Waals surface area contributed by atoms with Crippen molar-refractivity contribution in [3.05, 3.63) is 22.4 Å². The van der Waals surface area contributed by atoms with Gasteiger partial charge < -0.3 is 10.6 Å². The third-order valence-corrected chi connectivity index (χ3v) is 4.85. The minimum absolute atomic E-state index is 0. The molecule has 0 spiro atoms. The fourth-order valence-corrected chi connectivity index (χ4v) is 2.93. The summed E-state index contributed by atoms with van der Waals surface area (Å²) in [6.07, 6.45) is 3.90. The van der Waals surface area contributed by atoms with Crippen LogP contribution in [-0.2, 0) is 5.41 Å². The largest absolute Gasteiger partial charge is 0.357 e. The number of nitrogens with one attached hydrogen (secondary N) is 2. The molecule has 3 nitrogen and oxygen atoms in total. The monoisotopic (exact) mass is 407 g/mol. The summed E-state index contributed by atoms with van der Waals surface area (Å²) < 4.78 is 0. The van der Waals surface area contributed by atoms with Crippen LogP contribution in [0, 0.1) is 0 Å². The van der Waals surface area contributed by atoms with Gasteiger partial charge in [0.25, 0.3) is 0 Å².